The van der Waals surface area contributed by atoms with E-state index in [2.05, 4.69) is 35.3 Å². The molecule has 0 fully saturated rings. The molecule has 0 spiro atoms. The number of benzene rings is 3. The van der Waals surface area contributed by atoms with Crippen LogP contribution in [0.4, 0.5) is 5.69 Å². The van der Waals surface area contributed by atoms with E-state index in [1.165, 1.54) is 5.56 Å². The number of anilines is 1. The molecule has 0 aliphatic carbocycles. The topological polar surface area (TPSA) is 19.4 Å². The van der Waals surface area contributed by atoms with E-state index in [9.17, 15) is 0 Å². The van der Waals surface area contributed by atoms with E-state index in [-0.39, 0.29) is 20.1 Å². The van der Waals surface area contributed by atoms with Crippen molar-refractivity contribution in [2.75, 3.05) is 11.9 Å². The Labute approximate surface area is 218 Å². The van der Waals surface area contributed by atoms with Gasteiger partial charge in [0.1, 0.15) is 0 Å². The fraction of sp³-hybridized carbons (Fsp3) is 0.0370. The third-order valence-electron chi connectivity index (χ3n) is 4.74. The van der Waals surface area contributed by atoms with Gasteiger partial charge in [0, 0.05) is 6.20 Å². The third kappa shape index (κ3) is 6.69. The first-order valence-corrected chi connectivity index (χ1v) is 10.7. The molecule has 2 heterocycles. The van der Waals surface area contributed by atoms with Crippen LogP contribution in [-0.4, -0.2) is 16.9 Å². The Balaban J connectivity index is 0.000000186. The van der Waals surface area contributed by atoms with E-state index in [0.29, 0.717) is 10.0 Å². The molecular formula is C27H20Cl2IrN3. The first-order valence-electron chi connectivity index (χ1n) is 9.99. The van der Waals surface area contributed by atoms with Crippen LogP contribution in [-0.2, 0) is 20.1 Å². The van der Waals surface area contributed by atoms with Crippen molar-refractivity contribution in [3.8, 4) is 22.4 Å². The summed E-state index contributed by atoms with van der Waals surface area (Å²) in [5, 5.41) is 1.06. The summed E-state index contributed by atoms with van der Waals surface area (Å²) < 4.78 is 0. The summed E-state index contributed by atoms with van der Waals surface area (Å²) in [6, 6.07) is 32.0. The van der Waals surface area contributed by atoms with Crippen LogP contribution in [0.1, 0.15) is 0 Å². The molecule has 0 bridgehead atoms. The van der Waals surface area contributed by atoms with Gasteiger partial charge in [0.15, 0.2) is 0 Å². The molecule has 0 amide bonds. The van der Waals surface area contributed by atoms with Gasteiger partial charge in [0.2, 0.25) is 0 Å². The molecule has 33 heavy (non-hydrogen) atoms. The maximum atomic E-state index is 5.90. The van der Waals surface area contributed by atoms with Crippen LogP contribution >= 0.6 is 23.2 Å². The van der Waals surface area contributed by atoms with Gasteiger partial charge in [0.05, 0.1) is 0 Å². The second kappa shape index (κ2) is 12.0. The van der Waals surface area contributed by atoms with Crippen molar-refractivity contribution >= 4 is 28.9 Å². The van der Waals surface area contributed by atoms with Gasteiger partial charge in [0.25, 0.3) is 0 Å². The molecule has 1 aliphatic heterocycles. The molecule has 3 nitrogen and oxygen atoms in total. The second-order valence-electron chi connectivity index (χ2n) is 7.07. The Morgan fingerprint density at radius 2 is 1.64 bits per heavy atom. The Bertz CT molecular complexity index is 1120. The molecule has 0 atom stereocenters. The molecule has 1 aliphatic rings. The third-order valence-corrected chi connectivity index (χ3v) is 5.46. The minimum Gasteiger partial charge on any atom is -0.510 e. The summed E-state index contributed by atoms with van der Waals surface area (Å²) in [5.41, 5.74) is 5.18. The summed E-state index contributed by atoms with van der Waals surface area (Å²) in [6.07, 6.45) is 5.78. The molecule has 0 unspecified atom stereocenters. The number of nitrogens with zero attached hydrogens (tertiary/aromatic N) is 3. The number of rotatable bonds is 3. The van der Waals surface area contributed by atoms with Gasteiger partial charge in [-0.3, -0.25) is 0 Å². The van der Waals surface area contributed by atoms with Gasteiger partial charge >= 0.3 is 20.1 Å². The predicted molar refractivity (Wildman–Crippen MR) is 133 cm³/mol. The summed E-state index contributed by atoms with van der Waals surface area (Å²) in [6.45, 7) is 1.93. The van der Waals surface area contributed by atoms with Crippen molar-refractivity contribution in [1.29, 1.82) is 0 Å². The van der Waals surface area contributed by atoms with Gasteiger partial charge in [-0.2, -0.15) is 30.4 Å². The standard InChI is InChI=1S/C17H12N.C10H8Cl2N2.Ir/c1-3-7-14(8-4-1)16-11-12-17(18-13-16)15-9-5-2-6-10-15;1-13-4-5-14(7-13)8-2-3-9(11)10(12)6-8;/h1-9,11-13H;3-7H,1H3;/q-1;-2;+3. The van der Waals surface area contributed by atoms with Crippen LogP contribution in [0.15, 0.2) is 97.5 Å². The van der Waals surface area contributed by atoms with Crippen molar-refractivity contribution in [2.24, 2.45) is 0 Å². The average Bonchev–Trinajstić information content (AvgIpc) is 3.29. The number of aromatic nitrogens is 1. The molecule has 0 saturated carbocycles. The minimum absolute atomic E-state index is 0. The van der Waals surface area contributed by atoms with Gasteiger partial charge < -0.3 is 14.8 Å². The van der Waals surface area contributed by atoms with Crippen LogP contribution in [0, 0.1) is 18.8 Å². The van der Waals surface area contributed by atoms with Crippen LogP contribution < -0.4 is 4.90 Å². The predicted octanol–water partition coefficient (Wildman–Crippen LogP) is 7.35. The maximum Gasteiger partial charge on any atom is 3.00 e. The Kier molecular flexibility index (Phi) is 9.11. The fourth-order valence-electron chi connectivity index (χ4n) is 3.09. The smallest absolute Gasteiger partial charge is 0.510 e. The number of hydrogen-bond acceptors (Lipinski definition) is 3. The minimum atomic E-state index is 0. The van der Waals surface area contributed by atoms with E-state index in [1.54, 1.807) is 12.1 Å². The largest absolute Gasteiger partial charge is 3.00 e. The molecule has 0 saturated heterocycles. The maximum absolute atomic E-state index is 5.90. The number of halogens is 2. The first kappa shape index (κ1) is 25.0. The Hall–Kier alpha value is -2.62. The molecule has 6 heteroatoms. The van der Waals surface area contributed by atoms with E-state index >= 15 is 0 Å². The van der Waals surface area contributed by atoms with Crippen LogP contribution in [0.5, 0.6) is 0 Å². The zero-order valence-corrected chi connectivity index (χ0v) is 21.7. The molecule has 5 rings (SSSR count). The van der Waals surface area contributed by atoms with Crippen molar-refractivity contribution in [3.63, 3.8) is 0 Å². The molecule has 166 valence electrons. The number of hydrogen-bond donors (Lipinski definition) is 0. The quantitative estimate of drug-likeness (QED) is 0.217. The van der Waals surface area contributed by atoms with E-state index in [4.69, 9.17) is 23.2 Å². The normalized spacial score (nSPS) is 12.1. The average molecular weight is 650 g/mol. The molecule has 1 aromatic heterocycles. The van der Waals surface area contributed by atoms with Crippen molar-refractivity contribution in [2.45, 2.75) is 0 Å². The SMILES string of the molecule is CN1C=CN(c2[c-]cc(Cl)c(Cl)c2)[CH-]1.[Ir+3].[c-]1ccccc1-c1ccc(-c2ccccc2)cn1. The molecule has 0 radical (unpaired) electrons. The second-order valence-corrected chi connectivity index (χ2v) is 7.89. The van der Waals surface area contributed by atoms with Gasteiger partial charge in [-0.25, -0.2) is 0 Å². The van der Waals surface area contributed by atoms with E-state index in [0.717, 1.165) is 22.5 Å². The molecule has 3 aromatic carbocycles. The zero-order chi connectivity index (χ0) is 22.3. The summed E-state index contributed by atoms with van der Waals surface area (Å²) in [5.74, 6) is 0. The Morgan fingerprint density at radius 1 is 0.848 bits per heavy atom. The van der Waals surface area contributed by atoms with E-state index < -0.39 is 0 Å². The first-order chi connectivity index (χ1) is 15.6. The van der Waals surface area contributed by atoms with Gasteiger partial charge in [-0.15, -0.1) is 59.2 Å². The monoisotopic (exact) mass is 649 g/mol. The fourth-order valence-corrected chi connectivity index (χ4v) is 3.35. The Morgan fingerprint density at radius 3 is 2.24 bits per heavy atom. The van der Waals surface area contributed by atoms with Crippen molar-refractivity contribution in [1.82, 2.24) is 9.88 Å². The molecule has 4 aromatic rings. The van der Waals surface area contributed by atoms with Crippen molar-refractivity contribution in [3.05, 3.63) is 126 Å². The molecular weight excluding hydrogens is 629 g/mol. The summed E-state index contributed by atoms with van der Waals surface area (Å²) >= 11 is 11.7. The molecule has 0 N–H and O–H groups in total. The van der Waals surface area contributed by atoms with E-state index in [1.807, 2.05) is 90.6 Å². The zero-order valence-electron chi connectivity index (χ0n) is 17.7. The van der Waals surface area contributed by atoms with Crippen LogP contribution in [0.25, 0.3) is 22.4 Å². The summed E-state index contributed by atoms with van der Waals surface area (Å²) in [7, 11) is 1.95. The van der Waals surface area contributed by atoms with Crippen molar-refractivity contribution < 1.29 is 20.1 Å². The van der Waals surface area contributed by atoms with Gasteiger partial charge in [-0.1, -0.05) is 47.5 Å². The summed E-state index contributed by atoms with van der Waals surface area (Å²) in [4.78, 5) is 8.35. The van der Waals surface area contributed by atoms with Gasteiger partial charge in [-0.05, 0) is 41.3 Å². The van der Waals surface area contributed by atoms with Crippen LogP contribution in [0.2, 0.25) is 10.0 Å². The van der Waals surface area contributed by atoms with Crippen LogP contribution in [0.3, 0.4) is 0 Å². The number of pyridine rings is 1.